The number of benzene rings is 1. The lowest BCUT2D eigenvalue weighted by Gasteiger charge is -2.75. The molecule has 0 aromatic heterocycles. The molecule has 9 fully saturated rings. The zero-order valence-corrected chi connectivity index (χ0v) is 40.1. The average Bonchev–Trinajstić information content (AvgIpc) is 4.17. The SMILES string of the molecule is CNC1Cc2c(cccc2CO)C#CCCC23CCC4C5(C=O)CC6(CCCC67CCCC7)C(O)C6CCC(C(C)C7CCCC7)CC(C(O)C4(O)C2(O)CC2CC1C1OC(=O)C=C1C23)C65O. The molecule has 1 aromatic carbocycles. The van der Waals surface area contributed by atoms with Gasteiger partial charge in [0.2, 0.25) is 0 Å². The third-order valence-electron chi connectivity index (χ3n) is 23.7. The summed E-state index contributed by atoms with van der Waals surface area (Å²) >= 11 is 0. The first kappa shape index (κ1) is 45.5. The molecule has 3 spiro atoms. The minimum absolute atomic E-state index is 0.102. The van der Waals surface area contributed by atoms with E-state index in [9.17, 15) is 35.4 Å². The molecular formula is C57H77NO9. The standard InChI is InChI=1S/C57H77NO9/c1-33(34-11-3-4-12-34)36-16-17-42-49(62)53(23-10-21-51(53)19-7-8-20-51)31-54(32-60)45-18-24-52-22-6-5-13-35-14-9-15-37(30-59)39(35)27-44(58-2)40-25-38(47(52)41-28-46(61)67-48(40)41)29-55(52,64)57(45,66)50(63)43(26-36)56(42,54)65/h9,14-15,28,32-34,36,38,40,42-45,47-50,58-59,62-66H,3-4,6-8,10-12,16-27,29-31H2,1-2H3. The molecule has 7 N–H and O–H groups in total. The minimum atomic E-state index is -2.20. The number of carbonyl (C=O) groups is 2. The Balaban J connectivity index is 1.05. The summed E-state index contributed by atoms with van der Waals surface area (Å²) in [5, 5.41) is 84.7. The largest absolute Gasteiger partial charge is 0.454 e. The van der Waals surface area contributed by atoms with Crippen LogP contribution in [0, 0.1) is 86.8 Å². The van der Waals surface area contributed by atoms with Gasteiger partial charge in [-0.25, -0.2) is 4.79 Å². The Morgan fingerprint density at radius 3 is 2.39 bits per heavy atom. The van der Waals surface area contributed by atoms with Gasteiger partial charge in [0.1, 0.15) is 23.6 Å². The highest BCUT2D eigenvalue weighted by Crippen LogP contribution is 2.81. The quantitative estimate of drug-likeness (QED) is 0.0986. The first-order chi connectivity index (χ1) is 32.2. The van der Waals surface area contributed by atoms with Gasteiger partial charge in [0.05, 0.1) is 29.8 Å². The Kier molecular flexibility index (Phi) is 10.7. The van der Waals surface area contributed by atoms with Crippen molar-refractivity contribution < 1.29 is 45.0 Å². The van der Waals surface area contributed by atoms with Crippen LogP contribution in [-0.4, -0.2) is 91.1 Å². The molecule has 67 heavy (non-hydrogen) atoms. The van der Waals surface area contributed by atoms with Crippen LogP contribution in [0.25, 0.3) is 0 Å². The molecule has 1 aliphatic heterocycles. The van der Waals surface area contributed by atoms with Gasteiger partial charge in [-0.05, 0) is 155 Å². The van der Waals surface area contributed by atoms with Crippen molar-refractivity contribution in [3.63, 3.8) is 0 Å². The number of aliphatic hydroxyl groups is 6. The molecule has 10 nitrogen and oxygen atoms in total. The average molecular weight is 920 g/mol. The van der Waals surface area contributed by atoms with E-state index in [2.05, 4.69) is 24.1 Å². The Morgan fingerprint density at radius 1 is 0.866 bits per heavy atom. The molecule has 18 unspecified atom stereocenters. The molecule has 18 atom stereocenters. The molecule has 12 aliphatic rings. The van der Waals surface area contributed by atoms with Crippen LogP contribution in [-0.2, 0) is 27.4 Å². The van der Waals surface area contributed by atoms with Crippen molar-refractivity contribution in [1.29, 1.82) is 0 Å². The van der Waals surface area contributed by atoms with Gasteiger partial charge in [0.25, 0.3) is 0 Å². The fourth-order valence-electron chi connectivity index (χ4n) is 21.0. The van der Waals surface area contributed by atoms with Crippen LogP contribution in [0.3, 0.4) is 0 Å². The van der Waals surface area contributed by atoms with Gasteiger partial charge < -0.3 is 45.5 Å². The van der Waals surface area contributed by atoms with Crippen LogP contribution >= 0.6 is 0 Å². The Morgan fingerprint density at radius 2 is 1.64 bits per heavy atom. The summed E-state index contributed by atoms with van der Waals surface area (Å²) in [6.07, 6.45) is 16.0. The van der Waals surface area contributed by atoms with Crippen molar-refractivity contribution in [2.24, 2.45) is 74.9 Å². The Labute approximate surface area is 397 Å². The van der Waals surface area contributed by atoms with Crippen molar-refractivity contribution in [3.05, 3.63) is 46.5 Å². The maximum absolute atomic E-state index is 15.1. The highest BCUT2D eigenvalue weighted by Gasteiger charge is 2.87. The summed E-state index contributed by atoms with van der Waals surface area (Å²) in [7, 11) is 1.92. The third kappa shape index (κ3) is 5.61. The van der Waals surface area contributed by atoms with E-state index < -0.39 is 75.1 Å². The molecule has 1 aromatic rings. The van der Waals surface area contributed by atoms with E-state index in [1.807, 2.05) is 25.2 Å². The number of aliphatic hydroxyl groups excluding tert-OH is 3. The van der Waals surface area contributed by atoms with Gasteiger partial charge in [0, 0.05) is 58.6 Å². The van der Waals surface area contributed by atoms with Crippen LogP contribution in [0.15, 0.2) is 29.8 Å². The van der Waals surface area contributed by atoms with E-state index in [0.29, 0.717) is 63.2 Å². The van der Waals surface area contributed by atoms with Gasteiger partial charge in [-0.2, -0.15) is 0 Å². The smallest absolute Gasteiger partial charge is 0.331 e. The first-order valence-electron chi connectivity index (χ1n) is 27.0. The molecular weight excluding hydrogens is 843 g/mol. The number of carbonyl (C=O) groups excluding carboxylic acids is 2. The lowest BCUT2D eigenvalue weighted by Crippen LogP contribution is -2.86. The zero-order chi connectivity index (χ0) is 46.5. The Bertz CT molecular complexity index is 2270. The highest BCUT2D eigenvalue weighted by atomic mass is 16.5. The number of aldehydes is 1. The number of likely N-dealkylation sites (N-methyl/N-ethyl adjacent to an activating group) is 1. The van der Waals surface area contributed by atoms with E-state index in [4.69, 9.17) is 4.74 Å². The van der Waals surface area contributed by atoms with E-state index in [1.54, 1.807) is 6.08 Å². The van der Waals surface area contributed by atoms with Crippen LogP contribution in [0.2, 0.25) is 0 Å². The van der Waals surface area contributed by atoms with Crippen LogP contribution in [0.1, 0.15) is 158 Å². The normalized spacial score (nSPS) is 49.7. The third-order valence-corrected chi connectivity index (χ3v) is 23.7. The highest BCUT2D eigenvalue weighted by molar-refractivity contribution is 5.86. The van der Waals surface area contributed by atoms with E-state index in [1.165, 1.54) is 12.8 Å². The summed E-state index contributed by atoms with van der Waals surface area (Å²) in [5.74, 6) is 4.16. The zero-order valence-electron chi connectivity index (χ0n) is 40.1. The summed E-state index contributed by atoms with van der Waals surface area (Å²) in [6.45, 7) is 2.21. The summed E-state index contributed by atoms with van der Waals surface area (Å²) in [4.78, 5) is 28.8. The summed E-state index contributed by atoms with van der Waals surface area (Å²) in [6, 6.07) is 5.67. The monoisotopic (exact) mass is 920 g/mol. The molecule has 0 radical (unpaired) electrons. The fraction of sp³-hybridized carbons (Fsp3) is 0.789. The maximum atomic E-state index is 15.1. The lowest BCUT2D eigenvalue weighted by molar-refractivity contribution is -0.387. The Hall–Kier alpha value is -2.62. The van der Waals surface area contributed by atoms with E-state index >= 15 is 4.79 Å². The van der Waals surface area contributed by atoms with Crippen LogP contribution in [0.4, 0.5) is 0 Å². The first-order valence-corrected chi connectivity index (χ1v) is 27.0. The summed E-state index contributed by atoms with van der Waals surface area (Å²) < 4.78 is 6.32. The second-order valence-corrected chi connectivity index (χ2v) is 25.0. The lowest BCUT2D eigenvalue weighted by atomic mass is 9.31. The van der Waals surface area contributed by atoms with Crippen molar-refractivity contribution in [1.82, 2.24) is 5.32 Å². The molecule has 13 rings (SSSR count). The van der Waals surface area contributed by atoms with E-state index in [0.717, 1.165) is 92.8 Å². The minimum Gasteiger partial charge on any atom is -0.454 e. The maximum Gasteiger partial charge on any atom is 0.331 e. The van der Waals surface area contributed by atoms with Crippen molar-refractivity contribution in [2.45, 2.75) is 196 Å². The molecule has 364 valence electrons. The molecule has 10 heteroatoms. The topological polar surface area (TPSA) is 177 Å². The number of hydrogen-bond acceptors (Lipinski definition) is 10. The second-order valence-electron chi connectivity index (χ2n) is 25.0. The van der Waals surface area contributed by atoms with Crippen molar-refractivity contribution in [3.8, 4) is 11.8 Å². The molecule has 4 bridgehead atoms. The fourth-order valence-corrected chi connectivity index (χ4v) is 21.0. The van der Waals surface area contributed by atoms with Gasteiger partial charge in [-0.1, -0.05) is 75.8 Å². The van der Waals surface area contributed by atoms with Crippen molar-refractivity contribution in [2.75, 3.05) is 7.05 Å². The number of rotatable bonds is 5. The van der Waals surface area contributed by atoms with Crippen molar-refractivity contribution >= 4 is 12.3 Å². The molecule has 0 amide bonds. The molecule has 9 saturated carbocycles. The predicted octanol–water partition coefficient (Wildman–Crippen LogP) is 6.47. The van der Waals surface area contributed by atoms with Gasteiger partial charge in [-0.15, -0.1) is 0 Å². The van der Waals surface area contributed by atoms with Gasteiger partial charge >= 0.3 is 5.97 Å². The predicted molar refractivity (Wildman–Crippen MR) is 250 cm³/mol. The van der Waals surface area contributed by atoms with Gasteiger partial charge in [0.15, 0.2) is 0 Å². The van der Waals surface area contributed by atoms with Gasteiger partial charge in [-0.3, -0.25) is 0 Å². The second kappa shape index (κ2) is 15.7. The number of nitrogens with one attached hydrogen (secondary N) is 1. The number of ether oxygens (including phenoxy) is 1. The number of hydrogen-bond donors (Lipinski definition) is 7. The number of esters is 1. The summed E-state index contributed by atoms with van der Waals surface area (Å²) in [5.41, 5.74) is -5.82. The molecule has 11 aliphatic carbocycles. The number of fused-ring (bicyclic) bond motifs is 7. The molecule has 0 saturated heterocycles. The van der Waals surface area contributed by atoms with E-state index in [-0.39, 0.29) is 54.6 Å². The molecule has 1 heterocycles. The van der Waals surface area contributed by atoms with Crippen LogP contribution < -0.4 is 5.32 Å². The van der Waals surface area contributed by atoms with Crippen LogP contribution in [0.5, 0.6) is 0 Å².